The quantitative estimate of drug-likeness (QED) is 0.147. The van der Waals surface area contributed by atoms with Crippen LogP contribution in [0.3, 0.4) is 0 Å². The first-order valence-corrected chi connectivity index (χ1v) is 21.0. The van der Waals surface area contributed by atoms with E-state index in [1.807, 2.05) is 11.8 Å². The number of amides is 1. The second kappa shape index (κ2) is 16.0. The van der Waals surface area contributed by atoms with Gasteiger partial charge in [0.1, 0.15) is 5.82 Å². The number of rotatable bonds is 12. The van der Waals surface area contributed by atoms with Crippen LogP contribution in [0.25, 0.3) is 0 Å². The molecule has 2 heterocycles. The third-order valence-electron chi connectivity index (χ3n) is 9.80. The minimum Gasteiger partial charge on any atom is -0.405 e. The Kier molecular flexibility index (Phi) is 12.2. The average molecular weight is 726 g/mol. The van der Waals surface area contributed by atoms with Crippen LogP contribution in [0.1, 0.15) is 116 Å². The molecule has 1 saturated heterocycles. The summed E-state index contributed by atoms with van der Waals surface area (Å²) in [5, 5.41) is 4.79. The van der Waals surface area contributed by atoms with Gasteiger partial charge in [-0.2, -0.15) is 4.98 Å². The summed E-state index contributed by atoms with van der Waals surface area (Å²) in [5.74, 6) is 1.00. The molecule has 5 rings (SSSR count). The van der Waals surface area contributed by atoms with E-state index in [1.165, 1.54) is 38.9 Å². The summed E-state index contributed by atoms with van der Waals surface area (Å²) < 4.78 is 15.8. The number of carbonyl (C=O) groups is 1. The van der Waals surface area contributed by atoms with Gasteiger partial charge >= 0.3 is 5.69 Å². The standard InChI is InChI=1S/C42H55N3O4SSi/c1-27(2)31-23-35(28(3)4)39(36(24-31)29(5)6)50-37-25-32(49-40(37)45-22-21-38(43-30(7)46)44-41(45)47)26-48-51(42(8,9)10,33-17-13-11-14-18-33)34-19-15-12-16-20-34/h11-24,27-29,32,37,40H,25-26H2,1-10H3,(H,43,44,46,47)/t32-,37+,40+/m0/s1. The van der Waals surface area contributed by atoms with E-state index in [0.29, 0.717) is 30.8 Å². The number of nitrogens with one attached hydrogen (secondary N) is 1. The summed E-state index contributed by atoms with van der Waals surface area (Å²) in [6.07, 6.45) is 1.53. The monoisotopic (exact) mass is 725 g/mol. The molecule has 272 valence electrons. The van der Waals surface area contributed by atoms with Crippen molar-refractivity contribution in [3.05, 3.63) is 112 Å². The van der Waals surface area contributed by atoms with Gasteiger partial charge in [0.05, 0.1) is 18.0 Å². The molecular formula is C42H55N3O4SSi. The zero-order valence-electron chi connectivity index (χ0n) is 31.9. The van der Waals surface area contributed by atoms with Crippen molar-refractivity contribution in [1.82, 2.24) is 9.55 Å². The number of ether oxygens (including phenoxy) is 1. The predicted octanol–water partition coefficient (Wildman–Crippen LogP) is 8.60. The van der Waals surface area contributed by atoms with E-state index >= 15 is 0 Å². The first kappa shape index (κ1) is 38.7. The third kappa shape index (κ3) is 8.43. The van der Waals surface area contributed by atoms with Crippen molar-refractivity contribution in [3.63, 3.8) is 0 Å². The Balaban J connectivity index is 1.57. The lowest BCUT2D eigenvalue weighted by Gasteiger charge is -2.43. The summed E-state index contributed by atoms with van der Waals surface area (Å²) >= 11 is 1.82. The lowest BCUT2D eigenvalue weighted by atomic mass is 9.89. The molecule has 0 saturated carbocycles. The first-order chi connectivity index (χ1) is 24.1. The summed E-state index contributed by atoms with van der Waals surface area (Å²) in [5.41, 5.74) is 3.53. The van der Waals surface area contributed by atoms with Gasteiger partial charge in [-0.1, -0.05) is 135 Å². The topological polar surface area (TPSA) is 82.5 Å². The molecule has 0 bridgehead atoms. The Hall–Kier alpha value is -3.50. The molecule has 3 atom stereocenters. The van der Waals surface area contributed by atoms with Crippen LogP contribution in [-0.2, 0) is 14.0 Å². The van der Waals surface area contributed by atoms with Crippen molar-refractivity contribution in [2.75, 3.05) is 11.9 Å². The zero-order chi connectivity index (χ0) is 37.1. The molecule has 0 aliphatic carbocycles. The minimum atomic E-state index is -2.82. The Bertz CT molecular complexity index is 1790. The summed E-state index contributed by atoms with van der Waals surface area (Å²) in [6.45, 7) is 22.1. The van der Waals surface area contributed by atoms with Gasteiger partial charge in [-0.15, -0.1) is 11.8 Å². The number of benzene rings is 3. The van der Waals surface area contributed by atoms with Crippen molar-refractivity contribution in [1.29, 1.82) is 0 Å². The SMILES string of the molecule is CC(=O)Nc1ccn([C@@H]2O[C@H](CO[Si](c3ccccc3)(c3ccccc3)C(C)(C)C)C[C@H]2Sc2c(C(C)C)cc(C(C)C)cc2C(C)C)c(=O)n1. The van der Waals surface area contributed by atoms with E-state index in [-0.39, 0.29) is 28.1 Å². The highest BCUT2D eigenvalue weighted by atomic mass is 32.2. The van der Waals surface area contributed by atoms with Crippen LogP contribution in [0.2, 0.25) is 5.04 Å². The molecule has 1 aliphatic rings. The molecule has 7 nitrogen and oxygen atoms in total. The molecule has 1 aromatic heterocycles. The Morgan fingerprint density at radius 1 is 0.922 bits per heavy atom. The Labute approximate surface area is 309 Å². The number of thioether (sulfide) groups is 1. The second-order valence-electron chi connectivity index (χ2n) is 15.7. The molecule has 3 aromatic carbocycles. The fourth-order valence-electron chi connectivity index (χ4n) is 7.19. The van der Waals surface area contributed by atoms with Gasteiger partial charge in [0.15, 0.2) is 6.23 Å². The van der Waals surface area contributed by atoms with Gasteiger partial charge in [0, 0.05) is 18.0 Å². The average Bonchev–Trinajstić information content (AvgIpc) is 3.46. The Morgan fingerprint density at radius 3 is 1.92 bits per heavy atom. The third-order valence-corrected chi connectivity index (χ3v) is 16.2. The fraction of sp³-hybridized carbons (Fsp3) is 0.452. The molecule has 4 aromatic rings. The molecule has 0 radical (unpaired) electrons. The van der Waals surface area contributed by atoms with Crippen LogP contribution in [0, 0.1) is 0 Å². The molecule has 51 heavy (non-hydrogen) atoms. The lowest BCUT2D eigenvalue weighted by Crippen LogP contribution is -2.67. The highest BCUT2D eigenvalue weighted by Crippen LogP contribution is 2.47. The zero-order valence-corrected chi connectivity index (χ0v) is 33.7. The van der Waals surface area contributed by atoms with E-state index in [4.69, 9.17) is 9.16 Å². The van der Waals surface area contributed by atoms with Crippen LogP contribution < -0.4 is 21.4 Å². The number of nitrogens with zero attached hydrogens (tertiary/aromatic N) is 2. The van der Waals surface area contributed by atoms with Gasteiger partial charge in [-0.3, -0.25) is 9.36 Å². The minimum absolute atomic E-state index is 0.0937. The molecule has 0 unspecified atom stereocenters. The molecule has 1 fully saturated rings. The van der Waals surface area contributed by atoms with Crippen molar-refractivity contribution < 1.29 is 14.0 Å². The van der Waals surface area contributed by atoms with Gasteiger partial charge < -0.3 is 14.5 Å². The van der Waals surface area contributed by atoms with E-state index < -0.39 is 20.2 Å². The van der Waals surface area contributed by atoms with Gasteiger partial charge in [-0.05, 0) is 62.3 Å². The molecule has 0 spiro atoms. The van der Waals surface area contributed by atoms with E-state index in [2.05, 4.69) is 145 Å². The van der Waals surface area contributed by atoms with Crippen LogP contribution in [0.4, 0.5) is 5.82 Å². The maximum atomic E-state index is 13.6. The number of hydrogen-bond donors (Lipinski definition) is 1. The van der Waals surface area contributed by atoms with Gasteiger partial charge in [0.25, 0.3) is 8.32 Å². The van der Waals surface area contributed by atoms with Crippen molar-refractivity contribution in [2.24, 2.45) is 0 Å². The molecule has 9 heteroatoms. The maximum absolute atomic E-state index is 13.6. The lowest BCUT2D eigenvalue weighted by molar-refractivity contribution is -0.114. The van der Waals surface area contributed by atoms with Crippen molar-refractivity contribution >= 4 is 42.2 Å². The van der Waals surface area contributed by atoms with Gasteiger partial charge in [-0.25, -0.2) is 4.79 Å². The highest BCUT2D eigenvalue weighted by Gasteiger charge is 2.51. The summed E-state index contributed by atoms with van der Waals surface area (Å²) in [4.78, 5) is 30.8. The number of anilines is 1. The number of aromatic nitrogens is 2. The fourth-order valence-corrected chi connectivity index (χ4v) is 13.6. The molecule has 1 N–H and O–H groups in total. The summed E-state index contributed by atoms with van der Waals surface area (Å²) in [7, 11) is -2.82. The van der Waals surface area contributed by atoms with Crippen molar-refractivity contribution in [3.8, 4) is 0 Å². The molecule has 1 amide bonds. The summed E-state index contributed by atoms with van der Waals surface area (Å²) in [6, 6.07) is 27.7. The Morgan fingerprint density at radius 2 is 1.47 bits per heavy atom. The number of carbonyl (C=O) groups excluding carboxylic acids is 1. The van der Waals surface area contributed by atoms with Crippen LogP contribution >= 0.6 is 11.8 Å². The predicted molar refractivity (Wildman–Crippen MR) is 213 cm³/mol. The van der Waals surface area contributed by atoms with E-state index in [1.54, 1.807) is 16.8 Å². The highest BCUT2D eigenvalue weighted by molar-refractivity contribution is 8.00. The van der Waals surface area contributed by atoms with Crippen molar-refractivity contribution in [2.45, 2.75) is 121 Å². The van der Waals surface area contributed by atoms with E-state index in [9.17, 15) is 9.59 Å². The number of hydrogen-bond acceptors (Lipinski definition) is 6. The van der Waals surface area contributed by atoms with Crippen LogP contribution in [0.5, 0.6) is 0 Å². The maximum Gasteiger partial charge on any atom is 0.351 e. The van der Waals surface area contributed by atoms with E-state index in [0.717, 1.165) is 0 Å². The molecular weight excluding hydrogens is 671 g/mol. The second-order valence-corrected chi connectivity index (χ2v) is 21.2. The normalized spacial score (nSPS) is 18.2. The van der Waals surface area contributed by atoms with Crippen LogP contribution in [-0.4, -0.2) is 41.7 Å². The molecule has 1 aliphatic heterocycles. The largest absolute Gasteiger partial charge is 0.405 e. The van der Waals surface area contributed by atoms with Crippen LogP contribution in [0.15, 0.2) is 94.7 Å². The smallest absolute Gasteiger partial charge is 0.351 e. The van der Waals surface area contributed by atoms with Gasteiger partial charge in [0.2, 0.25) is 5.91 Å². The first-order valence-electron chi connectivity index (χ1n) is 18.2.